The molecule has 0 aliphatic carbocycles. The molecule has 81 heavy (non-hydrogen) atoms. The van der Waals surface area contributed by atoms with E-state index in [4.69, 9.17) is 5.73 Å². The molecular formula is C64H74N8O8S. The quantitative estimate of drug-likeness (QED) is 0.0164. The number of nitrogens with two attached hydrogens (primary N) is 1. The number of carbonyl (C=O) groups is 6. The molecule has 0 aliphatic heterocycles. The summed E-state index contributed by atoms with van der Waals surface area (Å²) in [5, 5.41) is 38.8. The second kappa shape index (κ2) is 29.8. The second-order valence-electron chi connectivity index (χ2n) is 20.5. The van der Waals surface area contributed by atoms with Gasteiger partial charge >= 0.3 is 5.97 Å². The summed E-state index contributed by atoms with van der Waals surface area (Å²) in [6.07, 6.45) is 3.14. The highest BCUT2D eigenvalue weighted by molar-refractivity contribution is 8.00. The molecule has 5 amide bonds. The van der Waals surface area contributed by atoms with E-state index in [9.17, 15) is 39.0 Å². The van der Waals surface area contributed by atoms with Gasteiger partial charge in [-0.2, -0.15) is 0 Å². The van der Waals surface area contributed by atoms with Crippen LogP contribution in [0.2, 0.25) is 0 Å². The largest absolute Gasteiger partial charge is 0.508 e. The van der Waals surface area contributed by atoms with Crippen molar-refractivity contribution < 1.29 is 39.0 Å². The zero-order valence-corrected chi connectivity index (χ0v) is 46.8. The first-order chi connectivity index (χ1) is 39.2. The molecule has 7 aromatic rings. The molecule has 1 aromatic heterocycles. The number of fused-ring (bicyclic) bond motifs is 1. The minimum atomic E-state index is -1.33. The molecule has 0 radical (unpaired) electrons. The maximum atomic E-state index is 14.9. The van der Waals surface area contributed by atoms with E-state index >= 15 is 0 Å². The maximum Gasteiger partial charge on any atom is 0.326 e. The highest BCUT2D eigenvalue weighted by Crippen LogP contribution is 2.48. The molecule has 0 fully saturated rings. The van der Waals surface area contributed by atoms with Crippen LogP contribution in [-0.2, 0) is 52.8 Å². The summed E-state index contributed by atoms with van der Waals surface area (Å²) in [6.45, 7) is 3.77. The van der Waals surface area contributed by atoms with Crippen LogP contribution in [0.15, 0.2) is 176 Å². The van der Waals surface area contributed by atoms with E-state index in [-0.39, 0.29) is 31.4 Å². The highest BCUT2D eigenvalue weighted by atomic mass is 32.2. The average molecular weight is 1120 g/mol. The van der Waals surface area contributed by atoms with Crippen molar-refractivity contribution in [2.75, 3.05) is 19.3 Å². The number of unbranched alkanes of at least 4 members (excludes halogenated alkanes) is 1. The highest BCUT2D eigenvalue weighted by Gasteiger charge is 2.39. The van der Waals surface area contributed by atoms with Crippen molar-refractivity contribution in [2.24, 2.45) is 11.7 Å². The van der Waals surface area contributed by atoms with E-state index in [1.807, 2.05) is 109 Å². The van der Waals surface area contributed by atoms with Crippen LogP contribution in [-0.4, -0.2) is 106 Å². The molecule has 0 bridgehead atoms. The lowest BCUT2D eigenvalue weighted by Crippen LogP contribution is -2.60. The number of likely N-dealkylation sites (N-methyl/N-ethyl adjacent to an activating group) is 1. The van der Waals surface area contributed by atoms with Crippen molar-refractivity contribution in [1.29, 1.82) is 0 Å². The Morgan fingerprint density at radius 2 is 1.00 bits per heavy atom. The molecule has 6 atom stereocenters. The lowest BCUT2D eigenvalue weighted by Gasteiger charge is -2.36. The van der Waals surface area contributed by atoms with Gasteiger partial charge < -0.3 is 52.8 Å². The molecule has 0 unspecified atom stereocenters. The average Bonchev–Trinajstić information content (AvgIpc) is 3.93. The van der Waals surface area contributed by atoms with Crippen molar-refractivity contribution in [1.82, 2.24) is 36.9 Å². The van der Waals surface area contributed by atoms with Crippen LogP contribution in [0.3, 0.4) is 0 Å². The summed E-state index contributed by atoms with van der Waals surface area (Å²) in [7, 11) is 1.66. The van der Waals surface area contributed by atoms with Gasteiger partial charge in [0.05, 0.1) is 10.8 Å². The molecule has 11 N–H and O–H groups in total. The Morgan fingerprint density at radius 3 is 1.54 bits per heavy atom. The smallest absolute Gasteiger partial charge is 0.326 e. The van der Waals surface area contributed by atoms with Gasteiger partial charge in [-0.05, 0) is 109 Å². The lowest BCUT2D eigenvalue weighted by atomic mass is 9.84. The Balaban J connectivity index is 1.11. The third-order valence-electron chi connectivity index (χ3n) is 14.4. The summed E-state index contributed by atoms with van der Waals surface area (Å²) in [6, 6.07) is 46.2. The van der Waals surface area contributed by atoms with E-state index in [1.165, 1.54) is 12.1 Å². The van der Waals surface area contributed by atoms with Crippen molar-refractivity contribution in [3.05, 3.63) is 209 Å². The van der Waals surface area contributed by atoms with Gasteiger partial charge in [0.25, 0.3) is 0 Å². The van der Waals surface area contributed by atoms with Crippen LogP contribution in [0.4, 0.5) is 0 Å². The predicted octanol–water partition coefficient (Wildman–Crippen LogP) is 6.90. The van der Waals surface area contributed by atoms with Crippen LogP contribution in [0, 0.1) is 5.92 Å². The number of aromatic hydroxyl groups is 1. The fourth-order valence-corrected chi connectivity index (χ4v) is 11.5. The summed E-state index contributed by atoms with van der Waals surface area (Å²) in [5.41, 5.74) is 11.9. The molecule has 17 heteroatoms. The number of amides is 5. The van der Waals surface area contributed by atoms with Gasteiger partial charge in [-0.1, -0.05) is 166 Å². The number of carboxylic acid groups (broad SMARTS) is 1. The topological polar surface area (TPSA) is 257 Å². The van der Waals surface area contributed by atoms with Crippen LogP contribution in [0.25, 0.3) is 10.9 Å². The number of aromatic nitrogens is 1. The van der Waals surface area contributed by atoms with Gasteiger partial charge in [-0.15, -0.1) is 11.8 Å². The number of benzene rings is 6. The summed E-state index contributed by atoms with van der Waals surface area (Å²) in [4.78, 5) is 88.8. The van der Waals surface area contributed by atoms with Gasteiger partial charge in [-0.25, -0.2) is 4.79 Å². The van der Waals surface area contributed by atoms with Crippen molar-refractivity contribution >= 4 is 58.2 Å². The van der Waals surface area contributed by atoms with E-state index in [1.54, 1.807) is 51.0 Å². The number of carboxylic acids is 1. The molecule has 0 spiro atoms. The number of phenolic OH excluding ortho intramolecular Hbond substituents is 1. The predicted molar refractivity (Wildman–Crippen MR) is 318 cm³/mol. The monoisotopic (exact) mass is 1110 g/mol. The molecule has 7 rings (SSSR count). The number of thioether (sulfide) groups is 1. The van der Waals surface area contributed by atoms with E-state index in [2.05, 4.69) is 73.3 Å². The third-order valence-corrected chi connectivity index (χ3v) is 16.0. The number of para-hydroxylation sites is 1. The number of aliphatic carboxylic acids is 1. The van der Waals surface area contributed by atoms with E-state index in [0.29, 0.717) is 42.7 Å². The number of carbonyl (C=O) groups excluding carboxylic acids is 5. The second-order valence-corrected chi connectivity index (χ2v) is 21.8. The molecule has 6 aromatic carbocycles. The molecule has 1 heterocycles. The van der Waals surface area contributed by atoms with E-state index in [0.717, 1.165) is 33.2 Å². The number of hydrogen-bond acceptors (Lipinski definition) is 10. The molecule has 0 saturated carbocycles. The van der Waals surface area contributed by atoms with E-state index < -0.39 is 82.4 Å². The summed E-state index contributed by atoms with van der Waals surface area (Å²) in [5.74, 6) is -4.67. The SMILES string of the molecule is CN[C@@H](Cc1ccccc1)C(=O)N[C@@H](Cc1ccc(O)cc1)C(=O)N[C@H](Cc1c[nH]c2ccccc12)C(=O)N[C@@H](CCCCN)C(=O)N[C@H](C(=O)N[C@@H](CCSC(c1ccccc1)(c1ccccc1)c1ccccc1)C(=O)O)C(C)C. The van der Waals surface area contributed by atoms with Gasteiger partial charge in [0.15, 0.2) is 0 Å². The third kappa shape index (κ3) is 16.4. The van der Waals surface area contributed by atoms with Crippen molar-refractivity contribution in [2.45, 2.75) is 99.8 Å². The Kier molecular flexibility index (Phi) is 22.2. The fraction of sp³-hybridized carbons (Fsp3) is 0.312. The van der Waals surface area contributed by atoms with Gasteiger partial charge in [-0.3, -0.25) is 24.0 Å². The Bertz CT molecular complexity index is 3050. The zero-order valence-electron chi connectivity index (χ0n) is 46.0. The summed E-state index contributed by atoms with van der Waals surface area (Å²) < 4.78 is -0.726. The van der Waals surface area contributed by atoms with Crippen molar-refractivity contribution in [3.63, 3.8) is 0 Å². The number of H-pyrrole nitrogens is 1. The zero-order chi connectivity index (χ0) is 57.7. The standard InChI is InChI=1S/C64H74N8O8S/c1-42(2)57(62(78)69-53(63(79)80)35-37-81-64(46-22-10-5-11-23-46,47-24-12-6-13-25-47)48-26-14-7-15-27-48)72-58(74)52(30-18-19-36-65)68-61(77)56(40-45-41-67-51-29-17-16-28-50(45)51)71-60(76)55(39-44-31-33-49(73)34-32-44)70-59(75)54(66-3)38-43-20-8-4-9-21-43/h4-17,20-29,31-34,41-42,52-57,66-67,73H,18-19,30,35-40,65H2,1-3H3,(H,68,77)(H,69,78)(H,70,75)(H,71,76)(H,72,74)(H,79,80)/t52-,53-,54-,55-,56+,57-/m0/s1. The molecule has 424 valence electrons. The first kappa shape index (κ1) is 60.4. The number of hydrogen-bond donors (Lipinski definition) is 10. The number of phenols is 1. The Labute approximate surface area is 477 Å². The normalized spacial score (nSPS) is 13.7. The number of aromatic amines is 1. The summed E-state index contributed by atoms with van der Waals surface area (Å²) >= 11 is 1.57. The number of nitrogens with one attached hydrogen (secondary N) is 7. The first-order valence-corrected chi connectivity index (χ1v) is 28.5. The fourth-order valence-electron chi connectivity index (χ4n) is 9.97. The maximum absolute atomic E-state index is 14.9. The van der Waals surface area contributed by atoms with Crippen LogP contribution in [0.5, 0.6) is 5.75 Å². The molecule has 0 aliphatic rings. The van der Waals surface area contributed by atoms with Gasteiger partial charge in [0.2, 0.25) is 29.5 Å². The van der Waals surface area contributed by atoms with Gasteiger partial charge in [0.1, 0.15) is 36.0 Å². The molecule has 0 saturated heterocycles. The molecular weight excluding hydrogens is 1040 g/mol. The lowest BCUT2D eigenvalue weighted by molar-refractivity contribution is -0.142. The minimum Gasteiger partial charge on any atom is -0.508 e. The molecule has 16 nitrogen and oxygen atoms in total. The van der Waals surface area contributed by atoms with Crippen LogP contribution >= 0.6 is 11.8 Å². The van der Waals surface area contributed by atoms with Gasteiger partial charge in [0, 0.05) is 29.9 Å². The Hall–Kier alpha value is -8.25. The van der Waals surface area contributed by atoms with Crippen LogP contribution in [0.1, 0.15) is 72.9 Å². The minimum absolute atomic E-state index is 0.00123. The first-order valence-electron chi connectivity index (χ1n) is 27.5. The Morgan fingerprint density at radius 1 is 0.531 bits per heavy atom. The van der Waals surface area contributed by atoms with Crippen LogP contribution < -0.4 is 37.6 Å². The number of rotatable bonds is 30. The van der Waals surface area contributed by atoms with Crippen molar-refractivity contribution in [3.8, 4) is 5.75 Å².